The maximum Gasteiger partial charge on any atom is 0.227 e. The number of imidazole rings is 1. The number of para-hydroxylation sites is 4. The lowest BCUT2D eigenvalue weighted by atomic mass is 10.1. The number of anilines is 1. The fraction of sp³-hybridized carbons (Fsp3) is 0.310. The quantitative estimate of drug-likeness (QED) is 0.340. The molecule has 1 fully saturated rings. The van der Waals surface area contributed by atoms with Crippen LogP contribution in [0.2, 0.25) is 0 Å². The van der Waals surface area contributed by atoms with Crippen LogP contribution in [-0.2, 0) is 17.8 Å². The minimum Gasteiger partial charge on any atom is -1.00 e. The number of carbonyl (C=O) groups excluding carboxylic acids is 1. The van der Waals surface area contributed by atoms with Crippen molar-refractivity contribution in [2.24, 2.45) is 0 Å². The number of rotatable bonds is 9. The summed E-state index contributed by atoms with van der Waals surface area (Å²) < 4.78 is 8.19. The first-order valence-electron chi connectivity index (χ1n) is 12.3. The predicted molar refractivity (Wildman–Crippen MR) is 136 cm³/mol. The van der Waals surface area contributed by atoms with Crippen LogP contribution < -0.4 is 22.0 Å². The van der Waals surface area contributed by atoms with E-state index >= 15 is 0 Å². The average Bonchev–Trinajstić information content (AvgIpc) is 3.45. The number of amides is 1. The number of ether oxygens (including phenoxy) is 1. The van der Waals surface area contributed by atoms with E-state index in [9.17, 15) is 4.79 Å². The Morgan fingerprint density at radius 3 is 2.51 bits per heavy atom. The standard InChI is InChI=1S/C29H31N3O2.ClH/c1-2-22-12-6-8-16-26(22)32-21-23(20-28(32)33)29-30-25-15-7-9-17-27(25)31(29)18-10-11-19-34-24-13-4-3-5-14-24;/h3-9,12-17,23H,2,10-11,18-21H2,1H3;1H/p-1. The third-order valence-electron chi connectivity index (χ3n) is 6.63. The first-order chi connectivity index (χ1) is 16.7. The second-order valence-corrected chi connectivity index (χ2v) is 8.87. The van der Waals surface area contributed by atoms with E-state index < -0.39 is 0 Å². The van der Waals surface area contributed by atoms with E-state index in [0.717, 1.165) is 54.1 Å². The molecule has 1 atom stereocenters. The number of benzene rings is 3. The van der Waals surface area contributed by atoms with Crippen LogP contribution in [0.25, 0.3) is 11.0 Å². The topological polar surface area (TPSA) is 47.4 Å². The van der Waals surface area contributed by atoms with Gasteiger partial charge in [-0.3, -0.25) is 4.79 Å². The second kappa shape index (κ2) is 11.4. The molecular formula is C29H31ClN3O2-. The molecular weight excluding hydrogens is 458 g/mol. The molecule has 1 amide bonds. The van der Waals surface area contributed by atoms with E-state index in [-0.39, 0.29) is 24.2 Å². The molecule has 5 rings (SSSR count). The van der Waals surface area contributed by atoms with Gasteiger partial charge in [0.1, 0.15) is 11.6 Å². The zero-order valence-electron chi connectivity index (χ0n) is 20.1. The predicted octanol–water partition coefficient (Wildman–Crippen LogP) is 2.98. The van der Waals surface area contributed by atoms with Gasteiger partial charge in [-0.25, -0.2) is 4.98 Å². The van der Waals surface area contributed by atoms with Gasteiger partial charge in [0.05, 0.1) is 17.6 Å². The number of hydrogen-bond acceptors (Lipinski definition) is 3. The molecule has 5 nitrogen and oxygen atoms in total. The van der Waals surface area contributed by atoms with Gasteiger partial charge in [0.2, 0.25) is 5.91 Å². The normalized spacial score (nSPS) is 15.4. The number of halogens is 1. The molecule has 1 aromatic heterocycles. The third kappa shape index (κ3) is 5.35. The largest absolute Gasteiger partial charge is 1.00 e. The second-order valence-electron chi connectivity index (χ2n) is 8.87. The maximum absolute atomic E-state index is 13.1. The molecule has 1 unspecified atom stereocenters. The highest BCUT2D eigenvalue weighted by atomic mass is 35.5. The van der Waals surface area contributed by atoms with Crippen LogP contribution in [0, 0.1) is 0 Å². The summed E-state index contributed by atoms with van der Waals surface area (Å²) in [6, 6.07) is 26.5. The van der Waals surface area contributed by atoms with Gasteiger partial charge in [-0.1, -0.05) is 55.5 Å². The van der Waals surface area contributed by atoms with Gasteiger partial charge in [-0.05, 0) is 55.2 Å². The molecule has 0 saturated carbocycles. The monoisotopic (exact) mass is 488 g/mol. The molecule has 1 aliphatic heterocycles. The van der Waals surface area contributed by atoms with E-state index in [4.69, 9.17) is 9.72 Å². The number of nitrogens with zero attached hydrogens (tertiary/aromatic N) is 3. The van der Waals surface area contributed by atoms with Gasteiger partial charge in [0.15, 0.2) is 0 Å². The maximum atomic E-state index is 13.1. The highest BCUT2D eigenvalue weighted by Crippen LogP contribution is 2.34. The Kier molecular flexibility index (Phi) is 8.09. The molecule has 1 saturated heterocycles. The molecule has 182 valence electrons. The van der Waals surface area contributed by atoms with Gasteiger partial charge in [0.25, 0.3) is 0 Å². The van der Waals surface area contributed by atoms with E-state index in [0.29, 0.717) is 19.6 Å². The summed E-state index contributed by atoms with van der Waals surface area (Å²) >= 11 is 0. The molecule has 6 heteroatoms. The van der Waals surface area contributed by atoms with Crippen molar-refractivity contribution in [2.75, 3.05) is 18.1 Å². The summed E-state index contributed by atoms with van der Waals surface area (Å²) in [6.45, 7) is 4.37. The summed E-state index contributed by atoms with van der Waals surface area (Å²) in [6.07, 6.45) is 3.36. The third-order valence-corrected chi connectivity index (χ3v) is 6.63. The number of carbonyl (C=O) groups is 1. The average molecular weight is 489 g/mol. The van der Waals surface area contributed by atoms with Crippen molar-refractivity contribution in [3.63, 3.8) is 0 Å². The Morgan fingerprint density at radius 1 is 0.943 bits per heavy atom. The van der Waals surface area contributed by atoms with Crippen molar-refractivity contribution >= 4 is 22.6 Å². The molecule has 0 bridgehead atoms. The fourth-order valence-electron chi connectivity index (χ4n) is 4.91. The van der Waals surface area contributed by atoms with Crippen LogP contribution in [-0.4, -0.2) is 28.6 Å². The summed E-state index contributed by atoms with van der Waals surface area (Å²) in [7, 11) is 0. The van der Waals surface area contributed by atoms with Crippen LogP contribution in [0.15, 0.2) is 78.9 Å². The van der Waals surface area contributed by atoms with Gasteiger partial charge in [0, 0.05) is 31.1 Å². The Bertz CT molecular complexity index is 1270. The molecule has 4 aromatic rings. The molecule has 0 N–H and O–H groups in total. The number of aryl methyl sites for hydroxylation is 2. The SMILES string of the molecule is CCc1ccccc1N1CC(c2nc3ccccc3n2CCCCOc2ccccc2)CC1=O.[Cl-]. The van der Waals surface area contributed by atoms with Crippen molar-refractivity contribution in [3.05, 3.63) is 90.3 Å². The van der Waals surface area contributed by atoms with Gasteiger partial charge >= 0.3 is 0 Å². The van der Waals surface area contributed by atoms with Crippen LogP contribution in [0.3, 0.4) is 0 Å². The van der Waals surface area contributed by atoms with E-state index in [2.05, 4.69) is 41.8 Å². The number of unbranched alkanes of at least 4 members (excludes halogenated alkanes) is 1. The summed E-state index contributed by atoms with van der Waals surface area (Å²) in [5, 5.41) is 0. The smallest absolute Gasteiger partial charge is 0.227 e. The molecule has 3 aromatic carbocycles. The molecule has 0 aliphatic carbocycles. The van der Waals surface area contributed by atoms with Crippen LogP contribution in [0.1, 0.15) is 43.5 Å². The highest BCUT2D eigenvalue weighted by molar-refractivity contribution is 5.97. The number of hydrogen-bond donors (Lipinski definition) is 0. The Hall–Kier alpha value is -3.31. The van der Waals surface area contributed by atoms with Crippen LogP contribution >= 0.6 is 0 Å². The minimum atomic E-state index is 0. The first-order valence-corrected chi connectivity index (χ1v) is 12.3. The van der Waals surface area contributed by atoms with Crippen molar-refractivity contribution in [1.29, 1.82) is 0 Å². The Balaban J connectivity index is 0.00000289. The van der Waals surface area contributed by atoms with E-state index in [1.165, 1.54) is 5.56 Å². The number of aromatic nitrogens is 2. The van der Waals surface area contributed by atoms with Crippen molar-refractivity contribution in [1.82, 2.24) is 9.55 Å². The van der Waals surface area contributed by atoms with Gasteiger partial charge < -0.3 is 26.6 Å². The molecule has 0 radical (unpaired) electrons. The van der Waals surface area contributed by atoms with Crippen molar-refractivity contribution in [2.45, 2.75) is 45.1 Å². The zero-order valence-corrected chi connectivity index (χ0v) is 20.8. The van der Waals surface area contributed by atoms with Crippen LogP contribution in [0.5, 0.6) is 5.75 Å². The van der Waals surface area contributed by atoms with Crippen molar-refractivity contribution < 1.29 is 21.9 Å². The van der Waals surface area contributed by atoms with E-state index in [1.807, 2.05) is 53.4 Å². The van der Waals surface area contributed by atoms with Gasteiger partial charge in [-0.2, -0.15) is 0 Å². The number of fused-ring (bicyclic) bond motifs is 1. The fourth-order valence-corrected chi connectivity index (χ4v) is 4.91. The Labute approximate surface area is 213 Å². The molecule has 2 heterocycles. The lowest BCUT2D eigenvalue weighted by Gasteiger charge is -2.20. The summed E-state index contributed by atoms with van der Waals surface area (Å²) in [4.78, 5) is 20.0. The summed E-state index contributed by atoms with van der Waals surface area (Å²) in [5.74, 6) is 2.20. The van der Waals surface area contributed by atoms with Crippen molar-refractivity contribution in [3.8, 4) is 5.75 Å². The lowest BCUT2D eigenvalue weighted by molar-refractivity contribution is -0.117. The van der Waals surface area contributed by atoms with Gasteiger partial charge in [-0.15, -0.1) is 0 Å². The first kappa shape index (κ1) is 24.8. The molecule has 35 heavy (non-hydrogen) atoms. The zero-order chi connectivity index (χ0) is 23.3. The summed E-state index contributed by atoms with van der Waals surface area (Å²) in [5.41, 5.74) is 4.39. The van der Waals surface area contributed by atoms with Crippen LogP contribution in [0.4, 0.5) is 5.69 Å². The molecule has 1 aliphatic rings. The minimum absolute atomic E-state index is 0. The molecule has 0 spiro atoms. The van der Waals surface area contributed by atoms with E-state index in [1.54, 1.807) is 0 Å². The highest BCUT2D eigenvalue weighted by Gasteiger charge is 2.35. The lowest BCUT2D eigenvalue weighted by Crippen LogP contribution is -3.00. The Morgan fingerprint density at radius 2 is 1.69 bits per heavy atom.